The number of hydrogen-bond acceptors (Lipinski definition) is 6. The van der Waals surface area contributed by atoms with E-state index in [-0.39, 0.29) is 41.1 Å². The van der Waals surface area contributed by atoms with Crippen LogP contribution in [-0.4, -0.2) is 74.0 Å². The van der Waals surface area contributed by atoms with E-state index in [1.807, 2.05) is 20.8 Å². The molecule has 2 N–H and O–H groups in total. The molecule has 0 saturated carbocycles. The van der Waals surface area contributed by atoms with Crippen LogP contribution in [0.2, 0.25) is 0 Å². The molecule has 0 aliphatic carbocycles. The highest BCUT2D eigenvalue weighted by Crippen LogP contribution is 2.67. The predicted octanol–water partition coefficient (Wildman–Crippen LogP) is 2.09. The van der Waals surface area contributed by atoms with Crippen LogP contribution in [0.5, 0.6) is 0 Å². The Morgan fingerprint density at radius 1 is 1.33 bits per heavy atom. The summed E-state index contributed by atoms with van der Waals surface area (Å²) in [7, 11) is 0. The van der Waals surface area contributed by atoms with Crippen molar-refractivity contribution in [1.29, 1.82) is 0 Å². The topological polar surface area (TPSA) is 95.9 Å². The van der Waals surface area contributed by atoms with E-state index < -0.39 is 28.2 Å². The van der Waals surface area contributed by atoms with Crippen molar-refractivity contribution in [2.45, 2.75) is 79.8 Å². The maximum atomic E-state index is 13.6. The minimum atomic E-state index is -0.625. The van der Waals surface area contributed by atoms with Crippen LogP contribution in [0.25, 0.3) is 0 Å². The molecule has 1 spiro atoms. The lowest BCUT2D eigenvalue weighted by Crippen LogP contribution is -2.57. The van der Waals surface area contributed by atoms with Gasteiger partial charge in [0.15, 0.2) is 0 Å². The second-order valence-electron chi connectivity index (χ2n) is 9.47. The van der Waals surface area contributed by atoms with Crippen molar-refractivity contribution in [2.24, 2.45) is 11.8 Å². The number of aliphatic hydroxyl groups excluding tert-OH is 1. The van der Waals surface area contributed by atoms with Gasteiger partial charge in [-0.2, -0.15) is 0 Å². The van der Waals surface area contributed by atoms with Crippen molar-refractivity contribution >= 4 is 45.5 Å². The first-order valence-electron chi connectivity index (χ1n) is 10.8. The van der Waals surface area contributed by atoms with Crippen molar-refractivity contribution in [3.8, 4) is 0 Å². The minimum Gasteiger partial charge on any atom is -0.466 e. The molecule has 6 atom stereocenters. The lowest BCUT2D eigenvalue weighted by atomic mass is 9.71. The van der Waals surface area contributed by atoms with Gasteiger partial charge in [0.25, 0.3) is 0 Å². The normalized spacial score (nSPS) is 34.9. The number of unbranched alkanes of at least 4 members (excludes halogenated alkanes) is 2. The maximum Gasteiger partial charge on any atom is 0.310 e. The van der Waals surface area contributed by atoms with E-state index in [2.05, 4.69) is 21.2 Å². The van der Waals surface area contributed by atoms with E-state index in [1.165, 1.54) is 0 Å². The summed E-state index contributed by atoms with van der Waals surface area (Å²) >= 11 is 5.34. The molecular weight excluding hydrogens is 472 g/mol. The summed E-state index contributed by atoms with van der Waals surface area (Å²) in [6.45, 7) is 8.38. The van der Waals surface area contributed by atoms with Crippen molar-refractivity contribution in [1.82, 2.24) is 10.2 Å². The van der Waals surface area contributed by atoms with Gasteiger partial charge in [-0.3, -0.25) is 14.4 Å². The third kappa shape index (κ3) is 4.13. The Morgan fingerprint density at radius 3 is 2.63 bits per heavy atom. The number of esters is 1. The molecule has 2 amide bonds. The SMILES string of the molecule is CCOC(=O)[C@H]1[C@H]2C(=O)N(CCCCCO)C(C(=O)NC(C)(C)C)C23CC(Br)[C@@H]1S3. The number of rotatable bonds is 8. The largest absolute Gasteiger partial charge is 0.466 e. The predicted molar refractivity (Wildman–Crippen MR) is 119 cm³/mol. The van der Waals surface area contributed by atoms with Gasteiger partial charge >= 0.3 is 5.97 Å². The van der Waals surface area contributed by atoms with Gasteiger partial charge in [-0.25, -0.2) is 0 Å². The smallest absolute Gasteiger partial charge is 0.310 e. The Bertz CT molecular complexity index is 699. The molecule has 0 aromatic carbocycles. The molecule has 3 aliphatic rings. The van der Waals surface area contributed by atoms with Gasteiger partial charge in [0.2, 0.25) is 11.8 Å². The van der Waals surface area contributed by atoms with Gasteiger partial charge in [-0.15, -0.1) is 11.8 Å². The fourth-order valence-corrected chi connectivity index (χ4v) is 8.79. The molecule has 0 radical (unpaired) electrons. The van der Waals surface area contributed by atoms with Gasteiger partial charge < -0.3 is 20.1 Å². The number of fused-ring (bicyclic) bond motifs is 1. The molecule has 7 nitrogen and oxygen atoms in total. The summed E-state index contributed by atoms with van der Waals surface area (Å²) in [6, 6.07) is -0.613. The van der Waals surface area contributed by atoms with Crippen LogP contribution < -0.4 is 5.32 Å². The van der Waals surface area contributed by atoms with Gasteiger partial charge in [0.05, 0.1) is 23.2 Å². The fourth-order valence-electron chi connectivity index (χ4n) is 5.19. The summed E-state index contributed by atoms with van der Waals surface area (Å²) in [5.74, 6) is -1.67. The average molecular weight is 505 g/mol. The summed E-state index contributed by atoms with van der Waals surface area (Å²) in [4.78, 5) is 41.6. The summed E-state index contributed by atoms with van der Waals surface area (Å²) < 4.78 is 4.71. The van der Waals surface area contributed by atoms with Gasteiger partial charge in [0.1, 0.15) is 6.04 Å². The molecule has 3 unspecified atom stereocenters. The number of halogens is 1. The highest BCUT2D eigenvalue weighted by atomic mass is 79.9. The molecule has 3 rings (SSSR count). The Labute approximate surface area is 191 Å². The van der Waals surface area contributed by atoms with Crippen molar-refractivity contribution < 1.29 is 24.2 Å². The van der Waals surface area contributed by atoms with E-state index in [9.17, 15) is 14.4 Å². The quantitative estimate of drug-likeness (QED) is 0.298. The van der Waals surface area contributed by atoms with Crippen molar-refractivity contribution in [2.75, 3.05) is 19.8 Å². The first kappa shape index (κ1) is 23.9. The molecule has 0 aromatic rings. The lowest BCUT2D eigenvalue weighted by Gasteiger charge is -2.36. The molecule has 170 valence electrons. The lowest BCUT2D eigenvalue weighted by molar-refractivity contribution is -0.153. The first-order chi connectivity index (χ1) is 14.1. The van der Waals surface area contributed by atoms with Crippen LogP contribution in [0.1, 0.15) is 53.4 Å². The zero-order valence-corrected chi connectivity index (χ0v) is 20.6. The van der Waals surface area contributed by atoms with Crippen molar-refractivity contribution in [3.63, 3.8) is 0 Å². The van der Waals surface area contributed by atoms with Crippen molar-refractivity contribution in [3.05, 3.63) is 0 Å². The van der Waals surface area contributed by atoms with Crippen LogP contribution in [0.4, 0.5) is 0 Å². The maximum absolute atomic E-state index is 13.6. The Morgan fingerprint density at radius 2 is 2.03 bits per heavy atom. The fraction of sp³-hybridized carbons (Fsp3) is 0.857. The number of alkyl halides is 1. The molecular formula is C21H33BrN2O5S. The summed E-state index contributed by atoms with van der Waals surface area (Å²) in [5, 5.41) is 12.1. The standard InChI is InChI=1S/C21H33BrN2O5S/c1-5-29-19(28)13-14-18(27)24(9-7-6-8-10-25)16(17(26)23-20(2,3)4)21(14)11-12(22)15(13)30-21/h12-16,25H,5-11H2,1-4H3,(H,23,26)/t12?,13-,14-,15-,16?,21?/m0/s1. The number of likely N-dealkylation sites (tertiary alicyclic amines) is 1. The molecule has 3 fully saturated rings. The number of nitrogens with zero attached hydrogens (tertiary/aromatic N) is 1. The Kier molecular flexibility index (Phi) is 7.14. The molecule has 0 aromatic heterocycles. The zero-order valence-electron chi connectivity index (χ0n) is 18.2. The van der Waals surface area contributed by atoms with Crippen LogP contribution in [-0.2, 0) is 19.1 Å². The number of nitrogens with one attached hydrogen (secondary N) is 1. The number of ether oxygens (including phenoxy) is 1. The third-order valence-corrected chi connectivity index (χ3v) is 9.37. The van der Waals surface area contributed by atoms with E-state index in [4.69, 9.17) is 9.84 Å². The van der Waals surface area contributed by atoms with Crippen LogP contribution >= 0.6 is 27.7 Å². The zero-order chi connectivity index (χ0) is 22.3. The van der Waals surface area contributed by atoms with Crippen LogP contribution in [0, 0.1) is 11.8 Å². The van der Waals surface area contributed by atoms with E-state index in [1.54, 1.807) is 23.6 Å². The highest BCUT2D eigenvalue weighted by Gasteiger charge is 2.75. The molecule has 30 heavy (non-hydrogen) atoms. The number of carbonyl (C=O) groups excluding carboxylic acids is 3. The molecule has 3 heterocycles. The number of thioether (sulfide) groups is 1. The second kappa shape index (κ2) is 8.98. The number of amides is 2. The van der Waals surface area contributed by atoms with E-state index in [0.717, 1.165) is 6.42 Å². The summed E-state index contributed by atoms with van der Waals surface area (Å²) in [5.41, 5.74) is -0.424. The summed E-state index contributed by atoms with van der Waals surface area (Å²) in [6.07, 6.45) is 2.83. The highest BCUT2D eigenvalue weighted by molar-refractivity contribution is 9.09. The molecule has 3 saturated heterocycles. The Balaban J connectivity index is 1.95. The van der Waals surface area contributed by atoms with Crippen LogP contribution in [0.3, 0.4) is 0 Å². The van der Waals surface area contributed by atoms with Gasteiger partial charge in [-0.1, -0.05) is 15.9 Å². The van der Waals surface area contributed by atoms with E-state index >= 15 is 0 Å². The second-order valence-corrected chi connectivity index (χ2v) is 12.2. The monoisotopic (exact) mass is 504 g/mol. The average Bonchev–Trinajstić information content (AvgIpc) is 3.21. The number of hydrogen-bond donors (Lipinski definition) is 2. The number of carbonyl (C=O) groups is 3. The Hall–Kier alpha value is -0.800. The number of aliphatic hydroxyl groups is 1. The first-order valence-corrected chi connectivity index (χ1v) is 12.6. The van der Waals surface area contributed by atoms with Crippen LogP contribution in [0.15, 0.2) is 0 Å². The molecule has 3 aliphatic heterocycles. The molecule has 2 bridgehead atoms. The van der Waals surface area contributed by atoms with Gasteiger partial charge in [-0.05, 0) is 53.4 Å². The third-order valence-electron chi connectivity index (χ3n) is 6.15. The van der Waals surface area contributed by atoms with Gasteiger partial charge in [0, 0.05) is 28.8 Å². The molecule has 9 heteroatoms. The van der Waals surface area contributed by atoms with E-state index in [0.29, 0.717) is 25.8 Å². The minimum absolute atomic E-state index is 0.0558.